The van der Waals surface area contributed by atoms with Gasteiger partial charge in [-0.3, -0.25) is 9.59 Å². The molecule has 17 heavy (non-hydrogen) atoms. The fourth-order valence-electron chi connectivity index (χ4n) is 1.04. The van der Waals surface area contributed by atoms with Crippen molar-refractivity contribution in [2.45, 2.75) is 0 Å². The van der Waals surface area contributed by atoms with Gasteiger partial charge in [0.25, 0.3) is 0 Å². The Bertz CT molecular complexity index is 264. The fraction of sp³-hybridized carbons (Fsp3) is 0.500. The van der Waals surface area contributed by atoms with Crippen LogP contribution in [0.4, 0.5) is 0 Å². The van der Waals surface area contributed by atoms with E-state index < -0.39 is 0 Å². The largest absolute Gasteiger partial charge is 0.341 e. The van der Waals surface area contributed by atoms with E-state index in [1.165, 1.54) is 12.2 Å². The lowest BCUT2D eigenvalue weighted by Gasteiger charge is -2.16. The van der Waals surface area contributed by atoms with Gasteiger partial charge in [0.15, 0.2) is 0 Å². The van der Waals surface area contributed by atoms with E-state index in [0.29, 0.717) is 13.1 Å². The summed E-state index contributed by atoms with van der Waals surface area (Å²) < 4.78 is 0. The number of carbonyl (C=O) groups excluding carboxylic acids is 2. The fourth-order valence-corrected chi connectivity index (χ4v) is 2.05. The maximum atomic E-state index is 11.1. The molecule has 0 aromatic rings. The van der Waals surface area contributed by atoms with Gasteiger partial charge < -0.3 is 9.80 Å². The molecule has 0 aliphatic rings. The highest BCUT2D eigenvalue weighted by Crippen LogP contribution is 2.02. The third-order valence-electron chi connectivity index (χ3n) is 2.24. The molecule has 0 rings (SSSR count). The molecule has 0 saturated carbocycles. The number of nitrogens with zero attached hydrogens (tertiary/aromatic N) is 2. The summed E-state index contributed by atoms with van der Waals surface area (Å²) in [6.45, 7) is 8.23. The lowest BCUT2D eigenvalue weighted by Crippen LogP contribution is -2.28. The highest BCUT2D eigenvalue weighted by Gasteiger charge is 2.05. The van der Waals surface area contributed by atoms with Crippen molar-refractivity contribution in [3.8, 4) is 0 Å². The molecule has 5 heteroatoms. The minimum atomic E-state index is -0.0652. The van der Waals surface area contributed by atoms with Crippen molar-refractivity contribution in [1.29, 1.82) is 0 Å². The molecule has 4 nitrogen and oxygen atoms in total. The minimum absolute atomic E-state index is 0.0652. The molecule has 0 saturated heterocycles. The van der Waals surface area contributed by atoms with Gasteiger partial charge in [-0.15, -0.1) is 0 Å². The van der Waals surface area contributed by atoms with Crippen LogP contribution in [0.25, 0.3) is 0 Å². The Labute approximate surface area is 107 Å². The van der Waals surface area contributed by atoms with Gasteiger partial charge in [-0.25, -0.2) is 0 Å². The normalized spacial score (nSPS) is 9.53. The first kappa shape index (κ1) is 15.8. The summed E-state index contributed by atoms with van der Waals surface area (Å²) in [5.74, 6) is 1.58. The van der Waals surface area contributed by atoms with Crippen molar-refractivity contribution in [3.05, 3.63) is 25.3 Å². The zero-order valence-corrected chi connectivity index (χ0v) is 11.3. The van der Waals surface area contributed by atoms with Crippen molar-refractivity contribution in [2.24, 2.45) is 0 Å². The van der Waals surface area contributed by atoms with Crippen molar-refractivity contribution >= 4 is 23.6 Å². The predicted octanol–water partition coefficient (Wildman–Crippen LogP) is 1.01. The topological polar surface area (TPSA) is 40.6 Å². The SMILES string of the molecule is C=CC(=O)N(C)CCSCCN(C)C(=O)C=C. The van der Waals surface area contributed by atoms with Crippen LogP contribution < -0.4 is 0 Å². The van der Waals surface area contributed by atoms with Gasteiger partial charge >= 0.3 is 0 Å². The molecular weight excluding hydrogens is 236 g/mol. The van der Waals surface area contributed by atoms with Crippen LogP contribution in [0.2, 0.25) is 0 Å². The van der Waals surface area contributed by atoms with E-state index in [1.54, 1.807) is 35.7 Å². The number of carbonyl (C=O) groups is 2. The summed E-state index contributed by atoms with van der Waals surface area (Å²) in [7, 11) is 3.50. The van der Waals surface area contributed by atoms with Crippen LogP contribution in [0.1, 0.15) is 0 Å². The number of rotatable bonds is 8. The Kier molecular flexibility index (Phi) is 8.23. The van der Waals surface area contributed by atoms with E-state index in [9.17, 15) is 9.59 Å². The summed E-state index contributed by atoms with van der Waals surface area (Å²) in [5.41, 5.74) is 0. The Hall–Kier alpha value is -1.23. The zero-order valence-electron chi connectivity index (χ0n) is 10.5. The Morgan fingerprint density at radius 1 is 1.00 bits per heavy atom. The first-order valence-electron chi connectivity index (χ1n) is 5.35. The van der Waals surface area contributed by atoms with Crippen LogP contribution >= 0.6 is 11.8 Å². The first-order valence-corrected chi connectivity index (χ1v) is 6.51. The van der Waals surface area contributed by atoms with E-state index >= 15 is 0 Å². The Morgan fingerprint density at radius 3 is 1.65 bits per heavy atom. The maximum Gasteiger partial charge on any atom is 0.245 e. The Morgan fingerprint density at radius 2 is 1.35 bits per heavy atom. The first-order chi connectivity index (χ1) is 8.02. The van der Waals surface area contributed by atoms with Gasteiger partial charge in [-0.1, -0.05) is 13.2 Å². The van der Waals surface area contributed by atoms with Crippen LogP contribution in [-0.4, -0.2) is 60.3 Å². The zero-order chi connectivity index (χ0) is 13.3. The van der Waals surface area contributed by atoms with Crippen LogP contribution in [0.3, 0.4) is 0 Å². The lowest BCUT2D eigenvalue weighted by atomic mass is 10.5. The molecule has 0 atom stereocenters. The minimum Gasteiger partial charge on any atom is -0.341 e. The summed E-state index contributed by atoms with van der Waals surface area (Å²) in [6, 6.07) is 0. The maximum absolute atomic E-state index is 11.1. The molecule has 0 radical (unpaired) electrons. The molecule has 0 heterocycles. The monoisotopic (exact) mass is 256 g/mol. The van der Waals surface area contributed by atoms with E-state index in [1.807, 2.05) is 0 Å². The number of thioether (sulfide) groups is 1. The highest BCUT2D eigenvalue weighted by atomic mass is 32.2. The van der Waals surface area contributed by atoms with Gasteiger partial charge in [-0.05, 0) is 12.2 Å². The van der Waals surface area contributed by atoms with Crippen LogP contribution in [-0.2, 0) is 9.59 Å². The van der Waals surface area contributed by atoms with Gasteiger partial charge in [-0.2, -0.15) is 11.8 Å². The summed E-state index contributed by atoms with van der Waals surface area (Å²) in [6.07, 6.45) is 2.61. The smallest absolute Gasteiger partial charge is 0.245 e. The van der Waals surface area contributed by atoms with Crippen LogP contribution in [0.5, 0.6) is 0 Å². The molecule has 0 unspecified atom stereocenters. The van der Waals surface area contributed by atoms with Gasteiger partial charge in [0.2, 0.25) is 11.8 Å². The average molecular weight is 256 g/mol. The summed E-state index contributed by atoms with van der Waals surface area (Å²) in [4.78, 5) is 25.5. The van der Waals surface area contributed by atoms with E-state index in [0.717, 1.165) is 11.5 Å². The molecule has 96 valence electrons. The molecule has 0 bridgehead atoms. The van der Waals surface area contributed by atoms with Crippen molar-refractivity contribution in [1.82, 2.24) is 9.80 Å². The molecule has 0 aliphatic carbocycles. The number of likely N-dealkylation sites (N-methyl/N-ethyl adjacent to an activating group) is 2. The quantitative estimate of drug-likeness (QED) is 0.481. The lowest BCUT2D eigenvalue weighted by molar-refractivity contribution is -0.125. The molecular formula is C12H20N2O2S. The molecule has 0 fully saturated rings. The molecule has 0 aliphatic heterocycles. The third-order valence-corrected chi connectivity index (χ3v) is 3.19. The second kappa shape index (κ2) is 8.87. The van der Waals surface area contributed by atoms with Gasteiger partial charge in [0.05, 0.1) is 0 Å². The molecule has 0 aromatic carbocycles. The predicted molar refractivity (Wildman–Crippen MR) is 73.0 cm³/mol. The average Bonchev–Trinajstić information content (AvgIpc) is 2.35. The van der Waals surface area contributed by atoms with Crippen molar-refractivity contribution in [2.75, 3.05) is 38.7 Å². The second-order valence-electron chi connectivity index (χ2n) is 3.54. The van der Waals surface area contributed by atoms with E-state index in [2.05, 4.69) is 13.2 Å². The standard InChI is InChI=1S/C12H20N2O2S/c1-5-11(15)13(3)7-9-17-10-8-14(4)12(16)6-2/h5-6H,1-2,7-10H2,3-4H3. The Balaban J connectivity index is 3.59. The highest BCUT2D eigenvalue weighted by molar-refractivity contribution is 7.99. The van der Waals surface area contributed by atoms with Gasteiger partial charge in [0, 0.05) is 38.7 Å². The van der Waals surface area contributed by atoms with Crippen molar-refractivity contribution < 1.29 is 9.59 Å². The second-order valence-corrected chi connectivity index (χ2v) is 4.76. The van der Waals surface area contributed by atoms with E-state index in [4.69, 9.17) is 0 Å². The van der Waals surface area contributed by atoms with Crippen LogP contribution in [0.15, 0.2) is 25.3 Å². The molecule has 0 aromatic heterocycles. The molecule has 0 spiro atoms. The number of hydrogen-bond donors (Lipinski definition) is 0. The summed E-state index contributed by atoms with van der Waals surface area (Å²) >= 11 is 1.71. The van der Waals surface area contributed by atoms with Crippen molar-refractivity contribution in [3.63, 3.8) is 0 Å². The van der Waals surface area contributed by atoms with Gasteiger partial charge in [0.1, 0.15) is 0 Å². The molecule has 0 N–H and O–H groups in total. The number of amides is 2. The number of hydrogen-bond acceptors (Lipinski definition) is 3. The molecule has 2 amide bonds. The van der Waals surface area contributed by atoms with Crippen LogP contribution in [0, 0.1) is 0 Å². The summed E-state index contributed by atoms with van der Waals surface area (Å²) in [5, 5.41) is 0. The van der Waals surface area contributed by atoms with E-state index in [-0.39, 0.29) is 11.8 Å². The third kappa shape index (κ3) is 6.84.